The minimum atomic E-state index is -4.70. The average molecular weight is 467 g/mol. The van der Waals surface area contributed by atoms with Crippen LogP contribution in [0.1, 0.15) is 24.8 Å². The van der Waals surface area contributed by atoms with Crippen molar-refractivity contribution in [2.24, 2.45) is 9.98 Å². The number of nitro groups is 1. The first-order valence-corrected chi connectivity index (χ1v) is 10.5. The van der Waals surface area contributed by atoms with Gasteiger partial charge in [-0.2, -0.15) is 13.2 Å². The van der Waals surface area contributed by atoms with Crippen LogP contribution in [0.3, 0.4) is 0 Å². The van der Waals surface area contributed by atoms with Crippen LogP contribution in [-0.4, -0.2) is 44.6 Å². The van der Waals surface area contributed by atoms with Crippen LogP contribution in [0.25, 0.3) is 0 Å². The van der Waals surface area contributed by atoms with Crippen molar-refractivity contribution in [3.63, 3.8) is 0 Å². The SMILES string of the molecule is O=C(O)[C@H]1CSC(C2=NC3CC=C(Oc4ccc(C(F)(F)F)cc4[N+](=O)[O-])C=C3CC2)=N1. The Labute approximate surface area is 183 Å². The summed E-state index contributed by atoms with van der Waals surface area (Å²) in [5, 5.41) is 21.0. The van der Waals surface area contributed by atoms with Gasteiger partial charge in [0.2, 0.25) is 5.75 Å². The van der Waals surface area contributed by atoms with Gasteiger partial charge in [0, 0.05) is 11.8 Å². The number of benzene rings is 1. The Morgan fingerprint density at radius 2 is 2.06 bits per heavy atom. The van der Waals surface area contributed by atoms with Crippen LogP contribution >= 0.6 is 11.8 Å². The van der Waals surface area contributed by atoms with Crippen molar-refractivity contribution >= 4 is 34.2 Å². The Morgan fingerprint density at radius 3 is 2.72 bits per heavy atom. The van der Waals surface area contributed by atoms with Gasteiger partial charge in [-0.25, -0.2) is 4.79 Å². The zero-order chi connectivity index (χ0) is 23.0. The number of rotatable bonds is 5. The van der Waals surface area contributed by atoms with Gasteiger partial charge in [0.1, 0.15) is 10.8 Å². The lowest BCUT2D eigenvalue weighted by Gasteiger charge is -2.26. The van der Waals surface area contributed by atoms with Gasteiger partial charge in [-0.3, -0.25) is 20.1 Å². The predicted octanol–water partition coefficient (Wildman–Crippen LogP) is 4.41. The molecule has 1 unspecified atom stereocenters. The summed E-state index contributed by atoms with van der Waals surface area (Å²) in [6.45, 7) is 0. The molecule has 3 aliphatic rings. The van der Waals surface area contributed by atoms with E-state index in [0.29, 0.717) is 41.9 Å². The highest BCUT2D eigenvalue weighted by Gasteiger charge is 2.34. The smallest absolute Gasteiger partial charge is 0.416 e. The van der Waals surface area contributed by atoms with Gasteiger partial charge in [0.25, 0.3) is 0 Å². The molecule has 0 radical (unpaired) electrons. The fourth-order valence-electron chi connectivity index (χ4n) is 3.55. The molecule has 0 spiro atoms. The molecule has 0 bridgehead atoms. The molecule has 12 heteroatoms. The molecule has 2 aliphatic heterocycles. The normalized spacial score (nSPS) is 22.8. The summed E-state index contributed by atoms with van der Waals surface area (Å²) in [7, 11) is 0. The van der Waals surface area contributed by atoms with Gasteiger partial charge >= 0.3 is 17.8 Å². The zero-order valence-corrected chi connectivity index (χ0v) is 17.2. The summed E-state index contributed by atoms with van der Waals surface area (Å²) >= 11 is 1.37. The van der Waals surface area contributed by atoms with Gasteiger partial charge in [-0.05, 0) is 49.1 Å². The van der Waals surface area contributed by atoms with E-state index in [2.05, 4.69) is 9.98 Å². The van der Waals surface area contributed by atoms with Crippen molar-refractivity contribution < 1.29 is 32.7 Å². The Hall–Kier alpha value is -3.15. The third-order valence-corrected chi connectivity index (χ3v) is 6.25. The maximum Gasteiger partial charge on any atom is 0.416 e. The quantitative estimate of drug-likeness (QED) is 0.507. The second-order valence-corrected chi connectivity index (χ2v) is 8.30. The number of carboxylic acids is 1. The minimum absolute atomic E-state index is 0.180. The molecule has 0 amide bonds. The van der Waals surface area contributed by atoms with E-state index in [4.69, 9.17) is 9.84 Å². The highest BCUT2D eigenvalue weighted by atomic mass is 32.2. The molecule has 8 nitrogen and oxygen atoms in total. The number of allylic oxidation sites excluding steroid dienone is 1. The maximum absolute atomic E-state index is 12.9. The number of aliphatic carboxylic acids is 1. The van der Waals surface area contributed by atoms with Crippen LogP contribution in [0, 0.1) is 10.1 Å². The first-order valence-electron chi connectivity index (χ1n) is 9.56. The van der Waals surface area contributed by atoms with Crippen molar-refractivity contribution in [2.75, 3.05) is 5.75 Å². The molecule has 2 atom stereocenters. The second-order valence-electron chi connectivity index (χ2n) is 7.29. The third kappa shape index (κ3) is 4.54. The lowest BCUT2D eigenvalue weighted by atomic mass is 9.90. The number of nitrogens with zero attached hydrogens (tertiary/aromatic N) is 3. The monoisotopic (exact) mass is 467 g/mol. The first kappa shape index (κ1) is 22.1. The van der Waals surface area contributed by atoms with Crippen LogP contribution in [0.2, 0.25) is 0 Å². The summed E-state index contributed by atoms with van der Waals surface area (Å²) in [5.74, 6) is -0.567. The molecule has 0 saturated heterocycles. The molecule has 32 heavy (non-hydrogen) atoms. The van der Waals surface area contributed by atoms with Gasteiger partial charge in [-0.1, -0.05) is 0 Å². The van der Waals surface area contributed by atoms with Gasteiger partial charge in [0.15, 0.2) is 6.04 Å². The summed E-state index contributed by atoms with van der Waals surface area (Å²) in [6.07, 6.45) is 0.294. The molecule has 1 N–H and O–H groups in total. The summed E-state index contributed by atoms with van der Waals surface area (Å²) < 4.78 is 44.2. The average Bonchev–Trinajstić information content (AvgIpc) is 3.23. The summed E-state index contributed by atoms with van der Waals surface area (Å²) in [4.78, 5) is 30.3. The van der Waals surface area contributed by atoms with Crippen molar-refractivity contribution in [1.82, 2.24) is 0 Å². The van der Waals surface area contributed by atoms with Crippen LogP contribution in [-0.2, 0) is 11.0 Å². The number of halogens is 3. The highest BCUT2D eigenvalue weighted by molar-refractivity contribution is 8.16. The zero-order valence-electron chi connectivity index (χ0n) is 16.3. The van der Waals surface area contributed by atoms with Crippen molar-refractivity contribution in [1.29, 1.82) is 0 Å². The van der Waals surface area contributed by atoms with Gasteiger partial charge < -0.3 is 9.84 Å². The maximum atomic E-state index is 12.9. The number of aliphatic imine (C=N–C) groups is 2. The lowest BCUT2D eigenvalue weighted by molar-refractivity contribution is -0.385. The lowest BCUT2D eigenvalue weighted by Crippen LogP contribution is -2.24. The van der Waals surface area contributed by atoms with Gasteiger partial charge in [0.05, 0.1) is 22.2 Å². The van der Waals surface area contributed by atoms with Crippen LogP contribution in [0.5, 0.6) is 5.75 Å². The third-order valence-electron chi connectivity index (χ3n) is 5.15. The molecule has 1 aromatic carbocycles. The number of nitro benzene ring substituents is 1. The van der Waals surface area contributed by atoms with E-state index in [0.717, 1.165) is 23.4 Å². The molecule has 0 aromatic heterocycles. The molecule has 1 aromatic rings. The van der Waals surface area contributed by atoms with E-state index in [1.807, 2.05) is 0 Å². The number of thioether (sulfide) groups is 1. The fraction of sp³-hybridized carbons (Fsp3) is 0.350. The van der Waals surface area contributed by atoms with Crippen molar-refractivity contribution in [3.05, 3.63) is 57.4 Å². The number of carbonyl (C=O) groups is 1. The van der Waals surface area contributed by atoms with Gasteiger partial charge in [-0.15, -0.1) is 11.8 Å². The van der Waals surface area contributed by atoms with Crippen LogP contribution in [0.4, 0.5) is 18.9 Å². The van der Waals surface area contributed by atoms with Crippen LogP contribution < -0.4 is 4.74 Å². The van der Waals surface area contributed by atoms with Crippen molar-refractivity contribution in [3.8, 4) is 5.75 Å². The highest BCUT2D eigenvalue weighted by Crippen LogP contribution is 2.38. The Kier molecular flexibility index (Phi) is 5.80. The Bertz CT molecular complexity index is 1110. The summed E-state index contributed by atoms with van der Waals surface area (Å²) in [5.41, 5.74) is -0.203. The first-order chi connectivity index (χ1) is 15.1. The number of hydrogen-bond donors (Lipinski definition) is 1. The molecular weight excluding hydrogens is 451 g/mol. The number of carboxylic acid groups (broad SMARTS) is 1. The fourth-order valence-corrected chi connectivity index (χ4v) is 4.60. The van der Waals surface area contributed by atoms with E-state index < -0.39 is 34.4 Å². The Morgan fingerprint density at radius 1 is 1.28 bits per heavy atom. The van der Waals surface area contributed by atoms with E-state index in [1.165, 1.54) is 11.8 Å². The minimum Gasteiger partial charge on any atom is -0.480 e. The molecule has 4 rings (SSSR count). The number of fused-ring (bicyclic) bond motifs is 1. The van der Waals surface area contributed by atoms with E-state index in [9.17, 15) is 28.1 Å². The van der Waals surface area contributed by atoms with E-state index >= 15 is 0 Å². The summed E-state index contributed by atoms with van der Waals surface area (Å²) in [6, 6.07) is 1.19. The number of hydrogen-bond acceptors (Lipinski definition) is 7. The van der Waals surface area contributed by atoms with E-state index in [1.54, 1.807) is 12.2 Å². The molecule has 1 aliphatic carbocycles. The topological polar surface area (TPSA) is 114 Å². The van der Waals surface area contributed by atoms with Crippen molar-refractivity contribution in [2.45, 2.75) is 37.5 Å². The number of ether oxygens (including phenoxy) is 1. The predicted molar refractivity (Wildman–Crippen MR) is 111 cm³/mol. The number of alkyl halides is 3. The largest absolute Gasteiger partial charge is 0.480 e. The molecule has 0 saturated carbocycles. The molecule has 168 valence electrons. The Balaban J connectivity index is 1.51. The molecule has 2 heterocycles. The second kappa shape index (κ2) is 8.41. The van der Waals surface area contributed by atoms with Crippen LogP contribution in [0.15, 0.2) is 51.7 Å². The molecule has 0 fully saturated rings. The molecular formula is C20H16F3N3O5S. The van der Waals surface area contributed by atoms with E-state index in [-0.39, 0.29) is 11.8 Å². The standard InChI is InChI=1S/C20H16F3N3O5S/c21-20(22,23)11-2-6-17(16(8-11)26(29)30)31-12-3-5-13-10(7-12)1-4-14(24-13)18-25-15(9-32-18)19(27)28/h2-3,6-8,13,15H,1,4-5,9H2,(H,27,28)/t13?,15-/m1/s1.